The summed E-state index contributed by atoms with van der Waals surface area (Å²) in [6.07, 6.45) is 6.65. The minimum absolute atomic E-state index is 0.709. The fraction of sp³-hybridized carbons (Fsp3) is 0.600. The van der Waals surface area contributed by atoms with Crippen molar-refractivity contribution < 1.29 is 0 Å². The van der Waals surface area contributed by atoms with Gasteiger partial charge in [0.1, 0.15) is 0 Å². The average molecular weight is 232 g/mol. The van der Waals surface area contributed by atoms with Gasteiger partial charge in [0.15, 0.2) is 0 Å². The van der Waals surface area contributed by atoms with Crippen molar-refractivity contribution in [1.29, 1.82) is 0 Å². The summed E-state index contributed by atoms with van der Waals surface area (Å²) in [7, 11) is 0. The van der Waals surface area contributed by atoms with E-state index in [-0.39, 0.29) is 0 Å². The molecule has 0 aromatic heterocycles. The van der Waals surface area contributed by atoms with E-state index in [9.17, 15) is 0 Å². The van der Waals surface area contributed by atoms with Gasteiger partial charge in [-0.25, -0.2) is 0 Å². The molecule has 1 aromatic carbocycles. The molecule has 1 unspecified atom stereocenters. The van der Waals surface area contributed by atoms with Crippen molar-refractivity contribution in [1.82, 2.24) is 0 Å². The molecule has 1 saturated heterocycles. The summed E-state index contributed by atoms with van der Waals surface area (Å²) in [5.41, 5.74) is 9.35. The van der Waals surface area contributed by atoms with E-state index in [4.69, 9.17) is 5.73 Å². The predicted octanol–water partition coefficient (Wildman–Crippen LogP) is 3.74. The van der Waals surface area contributed by atoms with Crippen LogP contribution in [0.5, 0.6) is 0 Å². The maximum atomic E-state index is 5.90. The van der Waals surface area contributed by atoms with Gasteiger partial charge in [-0.1, -0.05) is 19.8 Å². The van der Waals surface area contributed by atoms with Crippen LogP contribution < -0.4 is 10.6 Å². The number of anilines is 2. The Balaban J connectivity index is 2.25. The molecule has 17 heavy (non-hydrogen) atoms. The monoisotopic (exact) mass is 232 g/mol. The molecule has 1 aromatic rings. The van der Waals surface area contributed by atoms with Crippen LogP contribution in [0.15, 0.2) is 18.2 Å². The van der Waals surface area contributed by atoms with Gasteiger partial charge < -0.3 is 10.6 Å². The summed E-state index contributed by atoms with van der Waals surface area (Å²) in [6.45, 7) is 5.59. The molecule has 2 nitrogen and oxygen atoms in total. The Bertz CT molecular complexity index is 373. The molecule has 0 saturated carbocycles. The van der Waals surface area contributed by atoms with Crippen molar-refractivity contribution in [2.45, 2.75) is 52.0 Å². The summed E-state index contributed by atoms with van der Waals surface area (Å²) in [5, 5.41) is 0. The third-order valence-corrected chi connectivity index (χ3v) is 3.93. The van der Waals surface area contributed by atoms with Gasteiger partial charge >= 0.3 is 0 Å². The number of rotatable bonds is 2. The Labute approximate surface area is 105 Å². The highest BCUT2D eigenvalue weighted by atomic mass is 15.2. The average Bonchev–Trinajstić information content (AvgIpc) is 2.57. The molecule has 1 aliphatic heterocycles. The Morgan fingerprint density at radius 2 is 2.12 bits per heavy atom. The normalized spacial score (nSPS) is 21.3. The van der Waals surface area contributed by atoms with Crippen LogP contribution in [0.3, 0.4) is 0 Å². The molecule has 94 valence electrons. The van der Waals surface area contributed by atoms with E-state index in [1.165, 1.54) is 49.9 Å². The van der Waals surface area contributed by atoms with E-state index in [1.807, 2.05) is 6.07 Å². The van der Waals surface area contributed by atoms with Gasteiger partial charge in [0.05, 0.1) is 0 Å². The van der Waals surface area contributed by atoms with Crippen LogP contribution in [-0.4, -0.2) is 12.6 Å². The highest BCUT2D eigenvalue weighted by Gasteiger charge is 2.19. The molecule has 1 aliphatic rings. The molecular formula is C15H24N2. The molecule has 1 atom stereocenters. The van der Waals surface area contributed by atoms with Crippen LogP contribution in [-0.2, 0) is 0 Å². The predicted molar refractivity (Wildman–Crippen MR) is 75.5 cm³/mol. The second-order valence-corrected chi connectivity index (χ2v) is 5.15. The van der Waals surface area contributed by atoms with E-state index >= 15 is 0 Å². The van der Waals surface area contributed by atoms with E-state index < -0.39 is 0 Å². The number of nitrogens with two attached hydrogens (primary N) is 1. The first-order valence-corrected chi connectivity index (χ1v) is 6.85. The second-order valence-electron chi connectivity index (χ2n) is 5.15. The summed E-state index contributed by atoms with van der Waals surface area (Å²) in [6, 6.07) is 7.17. The van der Waals surface area contributed by atoms with Gasteiger partial charge in [0, 0.05) is 24.0 Å². The van der Waals surface area contributed by atoms with Crippen molar-refractivity contribution in [3.8, 4) is 0 Å². The third-order valence-electron chi connectivity index (χ3n) is 3.93. The molecular weight excluding hydrogens is 208 g/mol. The van der Waals surface area contributed by atoms with Gasteiger partial charge in [-0.15, -0.1) is 0 Å². The lowest BCUT2D eigenvalue weighted by molar-refractivity contribution is 0.556. The SMILES string of the molecule is CCC1CCCCCN1c1ccc(N)c(C)c1. The molecule has 0 spiro atoms. The number of nitrogen functional groups attached to an aromatic ring is 1. The fourth-order valence-electron chi connectivity index (χ4n) is 2.78. The zero-order chi connectivity index (χ0) is 12.3. The number of aryl methyl sites for hydroxylation is 1. The lowest BCUT2D eigenvalue weighted by Crippen LogP contribution is -2.34. The van der Waals surface area contributed by atoms with Crippen LogP contribution >= 0.6 is 0 Å². The maximum Gasteiger partial charge on any atom is 0.0372 e. The van der Waals surface area contributed by atoms with Crippen molar-refractivity contribution >= 4 is 11.4 Å². The smallest absolute Gasteiger partial charge is 0.0372 e. The number of benzene rings is 1. The van der Waals surface area contributed by atoms with Gasteiger partial charge in [0.2, 0.25) is 0 Å². The molecule has 2 rings (SSSR count). The second kappa shape index (κ2) is 5.44. The highest BCUT2D eigenvalue weighted by Crippen LogP contribution is 2.28. The van der Waals surface area contributed by atoms with E-state index in [1.54, 1.807) is 0 Å². The van der Waals surface area contributed by atoms with Crippen molar-refractivity contribution in [2.75, 3.05) is 17.2 Å². The summed E-state index contributed by atoms with van der Waals surface area (Å²) < 4.78 is 0. The Morgan fingerprint density at radius 3 is 2.82 bits per heavy atom. The number of nitrogens with zero attached hydrogens (tertiary/aromatic N) is 1. The first-order valence-electron chi connectivity index (χ1n) is 6.85. The standard InChI is InChI=1S/C15H24N2/c1-3-13-7-5-4-6-10-17(13)14-8-9-15(16)12(2)11-14/h8-9,11,13H,3-7,10,16H2,1-2H3. The number of hydrogen-bond donors (Lipinski definition) is 1. The maximum absolute atomic E-state index is 5.90. The van der Waals surface area contributed by atoms with Gasteiger partial charge in [-0.05, 0) is 49.9 Å². The molecule has 0 radical (unpaired) electrons. The third kappa shape index (κ3) is 2.74. The molecule has 2 N–H and O–H groups in total. The Hall–Kier alpha value is -1.18. The first kappa shape index (κ1) is 12.3. The van der Waals surface area contributed by atoms with Crippen molar-refractivity contribution in [2.24, 2.45) is 0 Å². The van der Waals surface area contributed by atoms with Crippen LogP contribution in [0.2, 0.25) is 0 Å². The quantitative estimate of drug-likeness (QED) is 0.787. The summed E-state index contributed by atoms with van der Waals surface area (Å²) in [4.78, 5) is 2.58. The zero-order valence-corrected chi connectivity index (χ0v) is 11.1. The lowest BCUT2D eigenvalue weighted by Gasteiger charge is -2.32. The fourth-order valence-corrected chi connectivity index (χ4v) is 2.78. The van der Waals surface area contributed by atoms with E-state index in [0.717, 1.165) is 5.69 Å². The molecule has 1 heterocycles. The van der Waals surface area contributed by atoms with Crippen LogP contribution in [0.25, 0.3) is 0 Å². The van der Waals surface area contributed by atoms with Gasteiger partial charge in [0.25, 0.3) is 0 Å². The summed E-state index contributed by atoms with van der Waals surface area (Å²) in [5.74, 6) is 0. The van der Waals surface area contributed by atoms with E-state index in [2.05, 4.69) is 30.9 Å². The molecule has 2 heteroatoms. The summed E-state index contributed by atoms with van der Waals surface area (Å²) >= 11 is 0. The minimum Gasteiger partial charge on any atom is -0.399 e. The van der Waals surface area contributed by atoms with E-state index in [0.29, 0.717) is 6.04 Å². The van der Waals surface area contributed by atoms with Crippen LogP contribution in [0.4, 0.5) is 11.4 Å². The van der Waals surface area contributed by atoms with Gasteiger partial charge in [-0.2, -0.15) is 0 Å². The minimum atomic E-state index is 0.709. The molecule has 1 fully saturated rings. The topological polar surface area (TPSA) is 29.3 Å². The van der Waals surface area contributed by atoms with Gasteiger partial charge in [-0.3, -0.25) is 0 Å². The molecule has 0 amide bonds. The van der Waals surface area contributed by atoms with Crippen LogP contribution in [0, 0.1) is 6.92 Å². The largest absolute Gasteiger partial charge is 0.399 e. The Morgan fingerprint density at radius 1 is 1.29 bits per heavy atom. The first-order chi connectivity index (χ1) is 8.22. The van der Waals surface area contributed by atoms with Crippen LogP contribution in [0.1, 0.15) is 44.6 Å². The zero-order valence-electron chi connectivity index (χ0n) is 11.1. The Kier molecular flexibility index (Phi) is 3.93. The lowest BCUT2D eigenvalue weighted by atomic mass is 10.1. The molecule has 0 bridgehead atoms. The van der Waals surface area contributed by atoms with Crippen molar-refractivity contribution in [3.63, 3.8) is 0 Å². The van der Waals surface area contributed by atoms with Crippen molar-refractivity contribution in [3.05, 3.63) is 23.8 Å². The number of hydrogen-bond acceptors (Lipinski definition) is 2. The molecule has 0 aliphatic carbocycles. The highest BCUT2D eigenvalue weighted by molar-refractivity contribution is 5.58.